The quantitative estimate of drug-likeness (QED) is 0.424. The van der Waals surface area contributed by atoms with Crippen LogP contribution in [0.3, 0.4) is 0 Å². The fraction of sp³-hybridized carbons (Fsp3) is 0.647. The van der Waals surface area contributed by atoms with E-state index in [-0.39, 0.29) is 0 Å². The summed E-state index contributed by atoms with van der Waals surface area (Å²) in [5.74, 6) is 0.959. The molecule has 106 valence electrons. The first-order chi connectivity index (χ1) is 9.36. The standard InChI is InChI=1S/C17H28OSi/c1-3-4-5-6-7-8-9-10-15-19-17-13-11-16(18-2)12-14-17/h11-14H,3-10,15H2,1-2H3. The molecule has 0 aromatic heterocycles. The van der Waals surface area contributed by atoms with Crippen molar-refractivity contribution in [2.45, 2.75) is 64.3 Å². The molecule has 0 fully saturated rings. The van der Waals surface area contributed by atoms with Crippen molar-refractivity contribution >= 4 is 14.7 Å². The van der Waals surface area contributed by atoms with Crippen LogP contribution in [0.4, 0.5) is 0 Å². The average Bonchev–Trinajstić information content (AvgIpc) is 2.46. The molecule has 0 saturated carbocycles. The molecule has 0 aliphatic rings. The van der Waals surface area contributed by atoms with Crippen LogP contribution in [0.2, 0.25) is 6.04 Å². The van der Waals surface area contributed by atoms with Crippen LogP contribution < -0.4 is 9.92 Å². The predicted octanol–water partition coefficient (Wildman–Crippen LogP) is 4.58. The topological polar surface area (TPSA) is 9.23 Å². The average molecular weight is 276 g/mol. The third kappa shape index (κ3) is 8.09. The van der Waals surface area contributed by atoms with E-state index in [1.54, 1.807) is 7.11 Å². The molecule has 0 amide bonds. The SMILES string of the molecule is CCCCCCCCCC[Si]c1ccc(OC)cc1. The highest BCUT2D eigenvalue weighted by Gasteiger charge is 1.97. The minimum absolute atomic E-state index is 0.959. The first-order valence-corrected chi connectivity index (χ1v) is 8.95. The lowest BCUT2D eigenvalue weighted by Gasteiger charge is -2.03. The summed E-state index contributed by atoms with van der Waals surface area (Å²) in [5, 5.41) is 1.46. The zero-order valence-electron chi connectivity index (χ0n) is 12.6. The van der Waals surface area contributed by atoms with Gasteiger partial charge < -0.3 is 4.74 Å². The highest BCUT2D eigenvalue weighted by atomic mass is 28.2. The molecule has 0 N–H and O–H groups in total. The molecule has 1 aromatic carbocycles. The summed E-state index contributed by atoms with van der Waals surface area (Å²) in [7, 11) is 2.68. The third-order valence-electron chi connectivity index (χ3n) is 3.45. The highest BCUT2D eigenvalue weighted by molar-refractivity contribution is 6.53. The van der Waals surface area contributed by atoms with Crippen LogP contribution in [0.1, 0.15) is 58.3 Å². The van der Waals surface area contributed by atoms with Crippen molar-refractivity contribution < 1.29 is 4.74 Å². The van der Waals surface area contributed by atoms with Crippen molar-refractivity contribution in [2.75, 3.05) is 7.11 Å². The second kappa shape index (κ2) is 11.1. The summed E-state index contributed by atoms with van der Waals surface area (Å²) < 4.78 is 5.17. The summed E-state index contributed by atoms with van der Waals surface area (Å²) in [5.41, 5.74) is 0. The van der Waals surface area contributed by atoms with Gasteiger partial charge in [0.1, 0.15) is 5.75 Å². The molecule has 0 aliphatic carbocycles. The van der Waals surface area contributed by atoms with Gasteiger partial charge in [-0.05, 0) is 12.1 Å². The van der Waals surface area contributed by atoms with Crippen LogP contribution in [0, 0.1) is 0 Å². The molecule has 0 saturated heterocycles. The molecule has 0 aliphatic heterocycles. The van der Waals surface area contributed by atoms with Crippen LogP contribution in [-0.2, 0) is 0 Å². The second-order valence-corrected chi connectivity index (χ2v) is 6.56. The fourth-order valence-electron chi connectivity index (χ4n) is 2.20. The lowest BCUT2D eigenvalue weighted by molar-refractivity contribution is 0.415. The summed E-state index contributed by atoms with van der Waals surface area (Å²) in [6.07, 6.45) is 11.3. The van der Waals surface area contributed by atoms with E-state index < -0.39 is 0 Å². The van der Waals surface area contributed by atoms with Gasteiger partial charge in [0, 0.05) is 0 Å². The Kier molecular flexibility index (Phi) is 9.51. The Bertz CT molecular complexity index is 308. The lowest BCUT2D eigenvalue weighted by Crippen LogP contribution is -2.12. The van der Waals surface area contributed by atoms with E-state index in [1.807, 2.05) is 0 Å². The molecule has 1 aromatic rings. The van der Waals surface area contributed by atoms with E-state index >= 15 is 0 Å². The van der Waals surface area contributed by atoms with Gasteiger partial charge in [-0.15, -0.1) is 0 Å². The summed E-state index contributed by atoms with van der Waals surface area (Å²) in [6.45, 7) is 2.28. The first kappa shape index (κ1) is 16.3. The van der Waals surface area contributed by atoms with Crippen molar-refractivity contribution in [1.82, 2.24) is 0 Å². The van der Waals surface area contributed by atoms with E-state index in [2.05, 4.69) is 31.2 Å². The maximum Gasteiger partial charge on any atom is 0.118 e. The largest absolute Gasteiger partial charge is 0.497 e. The maximum absolute atomic E-state index is 5.17. The number of ether oxygens (including phenoxy) is 1. The molecule has 2 radical (unpaired) electrons. The van der Waals surface area contributed by atoms with Crippen molar-refractivity contribution in [3.8, 4) is 5.75 Å². The first-order valence-electron chi connectivity index (χ1n) is 7.74. The monoisotopic (exact) mass is 276 g/mol. The Morgan fingerprint density at radius 2 is 1.42 bits per heavy atom. The zero-order valence-corrected chi connectivity index (χ0v) is 13.6. The number of rotatable bonds is 11. The molecule has 0 atom stereocenters. The van der Waals surface area contributed by atoms with Crippen LogP contribution >= 0.6 is 0 Å². The van der Waals surface area contributed by atoms with E-state index in [0.29, 0.717) is 0 Å². The maximum atomic E-state index is 5.17. The Balaban J connectivity index is 1.95. The molecule has 1 rings (SSSR count). The van der Waals surface area contributed by atoms with Gasteiger partial charge in [-0.25, -0.2) is 0 Å². The Hall–Kier alpha value is -0.763. The third-order valence-corrected chi connectivity index (χ3v) is 4.79. The molecule has 0 heterocycles. The molecule has 0 bridgehead atoms. The molecule has 0 spiro atoms. The fourth-order valence-corrected chi connectivity index (χ4v) is 3.32. The van der Waals surface area contributed by atoms with Gasteiger partial charge in [0.2, 0.25) is 0 Å². The molecule has 19 heavy (non-hydrogen) atoms. The van der Waals surface area contributed by atoms with Gasteiger partial charge >= 0.3 is 0 Å². The van der Waals surface area contributed by atoms with Crippen molar-refractivity contribution in [1.29, 1.82) is 0 Å². The number of methoxy groups -OCH3 is 1. The Morgan fingerprint density at radius 1 is 0.842 bits per heavy atom. The highest BCUT2D eigenvalue weighted by Crippen LogP contribution is 2.10. The van der Waals surface area contributed by atoms with Crippen LogP contribution in [0.5, 0.6) is 5.75 Å². The predicted molar refractivity (Wildman–Crippen MR) is 85.8 cm³/mol. The van der Waals surface area contributed by atoms with Gasteiger partial charge in [-0.3, -0.25) is 0 Å². The van der Waals surface area contributed by atoms with Gasteiger partial charge in [0.25, 0.3) is 0 Å². The number of hydrogen-bond acceptors (Lipinski definition) is 1. The van der Waals surface area contributed by atoms with Crippen LogP contribution in [0.15, 0.2) is 24.3 Å². The lowest BCUT2D eigenvalue weighted by atomic mass is 10.1. The molecular weight excluding hydrogens is 248 g/mol. The smallest absolute Gasteiger partial charge is 0.118 e. The number of unbranched alkanes of at least 4 members (excludes halogenated alkanes) is 7. The minimum Gasteiger partial charge on any atom is -0.497 e. The minimum atomic E-state index is 0.959. The van der Waals surface area contributed by atoms with Crippen molar-refractivity contribution in [3.63, 3.8) is 0 Å². The van der Waals surface area contributed by atoms with E-state index in [9.17, 15) is 0 Å². The summed E-state index contributed by atoms with van der Waals surface area (Å²) >= 11 is 0. The summed E-state index contributed by atoms with van der Waals surface area (Å²) in [6, 6.07) is 9.87. The summed E-state index contributed by atoms with van der Waals surface area (Å²) in [4.78, 5) is 0. The van der Waals surface area contributed by atoms with Crippen LogP contribution in [0.25, 0.3) is 0 Å². The van der Waals surface area contributed by atoms with Crippen LogP contribution in [-0.4, -0.2) is 16.6 Å². The Morgan fingerprint density at radius 3 is 2.00 bits per heavy atom. The normalized spacial score (nSPS) is 10.6. The van der Waals surface area contributed by atoms with Gasteiger partial charge in [-0.2, -0.15) is 0 Å². The van der Waals surface area contributed by atoms with Crippen molar-refractivity contribution in [3.05, 3.63) is 24.3 Å². The van der Waals surface area contributed by atoms with E-state index in [0.717, 1.165) is 15.3 Å². The van der Waals surface area contributed by atoms with Gasteiger partial charge in [0.05, 0.1) is 16.6 Å². The molecular formula is C17H28OSi. The van der Waals surface area contributed by atoms with E-state index in [4.69, 9.17) is 4.74 Å². The molecule has 2 heteroatoms. The molecule has 0 unspecified atom stereocenters. The molecule has 1 nitrogen and oxygen atoms in total. The number of hydrogen-bond donors (Lipinski definition) is 0. The Labute approximate surface area is 121 Å². The van der Waals surface area contributed by atoms with E-state index in [1.165, 1.54) is 62.6 Å². The van der Waals surface area contributed by atoms with Gasteiger partial charge in [0.15, 0.2) is 0 Å². The second-order valence-electron chi connectivity index (χ2n) is 5.13. The van der Waals surface area contributed by atoms with Gasteiger partial charge in [-0.1, -0.05) is 81.7 Å². The zero-order chi connectivity index (χ0) is 13.8. The number of benzene rings is 1. The van der Waals surface area contributed by atoms with Crippen molar-refractivity contribution in [2.24, 2.45) is 0 Å².